The molecular formula is C23H18F3N3O3. The minimum Gasteiger partial charge on any atom is -0.454 e. The number of aromatic nitrogens is 1. The summed E-state index contributed by atoms with van der Waals surface area (Å²) in [7, 11) is 0. The van der Waals surface area contributed by atoms with Crippen LogP contribution >= 0.6 is 0 Å². The highest BCUT2D eigenvalue weighted by Gasteiger charge is 2.31. The number of alkyl halides is 3. The van der Waals surface area contributed by atoms with Crippen molar-refractivity contribution in [1.29, 1.82) is 0 Å². The zero-order valence-electron chi connectivity index (χ0n) is 16.7. The van der Waals surface area contributed by atoms with Crippen molar-refractivity contribution in [3.8, 4) is 28.4 Å². The average Bonchev–Trinajstić information content (AvgIpc) is 3.11. The Morgan fingerprint density at radius 3 is 2.62 bits per heavy atom. The summed E-state index contributed by atoms with van der Waals surface area (Å²) in [4.78, 5) is 10.8. The van der Waals surface area contributed by atoms with Gasteiger partial charge in [0.05, 0.1) is 6.10 Å². The third-order valence-corrected chi connectivity index (χ3v) is 5.30. The van der Waals surface area contributed by atoms with Crippen LogP contribution in [-0.4, -0.2) is 41.9 Å². The van der Waals surface area contributed by atoms with E-state index in [9.17, 15) is 18.3 Å². The quantitative estimate of drug-likeness (QED) is 0.481. The zero-order chi connectivity index (χ0) is 22.3. The smallest absolute Gasteiger partial charge is 0.454 e. The van der Waals surface area contributed by atoms with Crippen molar-refractivity contribution < 1.29 is 27.8 Å². The molecule has 0 unspecified atom stereocenters. The van der Waals surface area contributed by atoms with Crippen LogP contribution in [0.25, 0.3) is 11.1 Å². The first kappa shape index (κ1) is 20.3. The lowest BCUT2D eigenvalue weighted by atomic mass is 10.0. The number of benzene rings is 2. The standard InChI is InChI=1S/C23H18F3N3O3/c24-23(25,26)32-18-2-4-21-19(11-18)28-12-16-9-14(1-3-20(16)31-21)15-5-7-27-22(10-15)29-8-6-17(30)13-29/h1-5,7,9-12,17,30H,6,8,13H2/t17-/m0/s1. The van der Waals surface area contributed by atoms with Gasteiger partial charge in [0.2, 0.25) is 0 Å². The Balaban J connectivity index is 1.43. The van der Waals surface area contributed by atoms with E-state index >= 15 is 0 Å². The molecule has 2 aliphatic rings. The van der Waals surface area contributed by atoms with Crippen LogP contribution in [-0.2, 0) is 0 Å². The predicted molar refractivity (Wildman–Crippen MR) is 113 cm³/mol. The van der Waals surface area contributed by atoms with Crippen LogP contribution in [0.5, 0.6) is 17.2 Å². The number of halogens is 3. The lowest BCUT2D eigenvalue weighted by molar-refractivity contribution is -0.274. The molecule has 1 N–H and O–H groups in total. The summed E-state index contributed by atoms with van der Waals surface area (Å²) < 4.78 is 47.4. The van der Waals surface area contributed by atoms with E-state index in [4.69, 9.17) is 4.74 Å². The molecule has 1 fully saturated rings. The van der Waals surface area contributed by atoms with Crippen molar-refractivity contribution in [2.45, 2.75) is 18.9 Å². The van der Waals surface area contributed by atoms with E-state index in [1.807, 2.05) is 29.2 Å². The van der Waals surface area contributed by atoms with E-state index in [2.05, 4.69) is 14.7 Å². The number of aliphatic hydroxyl groups is 1. The van der Waals surface area contributed by atoms with Crippen molar-refractivity contribution >= 4 is 17.7 Å². The lowest BCUT2D eigenvalue weighted by Gasteiger charge is -2.17. The number of fused-ring (bicyclic) bond motifs is 2. The first-order chi connectivity index (χ1) is 15.3. The van der Waals surface area contributed by atoms with Crippen LogP contribution in [0.15, 0.2) is 59.7 Å². The van der Waals surface area contributed by atoms with Crippen LogP contribution in [0.3, 0.4) is 0 Å². The molecule has 6 nitrogen and oxygen atoms in total. The number of aliphatic hydroxyl groups excluding tert-OH is 1. The van der Waals surface area contributed by atoms with Gasteiger partial charge >= 0.3 is 6.36 Å². The van der Waals surface area contributed by atoms with Crippen molar-refractivity contribution in [3.63, 3.8) is 0 Å². The molecule has 3 heterocycles. The van der Waals surface area contributed by atoms with Crippen LogP contribution in [0.4, 0.5) is 24.7 Å². The van der Waals surface area contributed by atoms with Crippen molar-refractivity contribution in [2.24, 2.45) is 4.99 Å². The summed E-state index contributed by atoms with van der Waals surface area (Å²) in [5, 5.41) is 9.79. The maximum atomic E-state index is 12.5. The van der Waals surface area contributed by atoms with Gasteiger partial charge in [-0.3, -0.25) is 4.99 Å². The van der Waals surface area contributed by atoms with Crippen molar-refractivity contribution in [3.05, 3.63) is 60.3 Å². The molecule has 2 aliphatic heterocycles. The maximum Gasteiger partial charge on any atom is 0.573 e. The van der Waals surface area contributed by atoms with Gasteiger partial charge in [-0.25, -0.2) is 4.98 Å². The van der Waals surface area contributed by atoms with Gasteiger partial charge in [0.25, 0.3) is 0 Å². The molecule has 0 radical (unpaired) electrons. The number of hydrogen-bond acceptors (Lipinski definition) is 6. The molecular weight excluding hydrogens is 423 g/mol. The van der Waals surface area contributed by atoms with Crippen molar-refractivity contribution in [1.82, 2.24) is 4.98 Å². The van der Waals surface area contributed by atoms with Gasteiger partial charge in [-0.1, -0.05) is 6.07 Å². The number of hydrogen-bond donors (Lipinski definition) is 1. The molecule has 0 spiro atoms. The Hall–Kier alpha value is -3.59. The highest BCUT2D eigenvalue weighted by molar-refractivity contribution is 5.90. The second-order valence-electron chi connectivity index (χ2n) is 7.58. The fourth-order valence-electron chi connectivity index (χ4n) is 3.78. The molecule has 0 saturated carbocycles. The average molecular weight is 441 g/mol. The normalized spacial score (nSPS) is 17.4. The van der Waals surface area contributed by atoms with E-state index < -0.39 is 6.36 Å². The van der Waals surface area contributed by atoms with Gasteiger partial charge in [-0.05, 0) is 53.9 Å². The zero-order valence-corrected chi connectivity index (χ0v) is 16.7. The van der Waals surface area contributed by atoms with Gasteiger partial charge in [0.15, 0.2) is 5.75 Å². The van der Waals surface area contributed by atoms with E-state index in [0.717, 1.165) is 29.9 Å². The molecule has 2 aromatic carbocycles. The number of pyridine rings is 1. The largest absolute Gasteiger partial charge is 0.573 e. The van der Waals surface area contributed by atoms with Gasteiger partial charge in [-0.2, -0.15) is 0 Å². The van der Waals surface area contributed by atoms with E-state index in [0.29, 0.717) is 23.6 Å². The third kappa shape index (κ3) is 4.24. The molecule has 1 atom stereocenters. The highest BCUT2D eigenvalue weighted by atomic mass is 19.4. The maximum absolute atomic E-state index is 12.5. The minimum absolute atomic E-state index is 0.239. The van der Waals surface area contributed by atoms with Gasteiger partial charge in [0, 0.05) is 37.1 Å². The fourth-order valence-corrected chi connectivity index (χ4v) is 3.78. The van der Waals surface area contributed by atoms with E-state index in [1.54, 1.807) is 18.5 Å². The molecule has 0 aliphatic carbocycles. The predicted octanol–water partition coefficient (Wildman–Crippen LogP) is 5.07. The van der Waals surface area contributed by atoms with Gasteiger partial charge in [0.1, 0.15) is 23.0 Å². The summed E-state index contributed by atoms with van der Waals surface area (Å²) in [6.45, 7) is 1.31. The first-order valence-electron chi connectivity index (χ1n) is 9.99. The Morgan fingerprint density at radius 2 is 1.84 bits per heavy atom. The second-order valence-corrected chi connectivity index (χ2v) is 7.58. The number of anilines is 1. The second kappa shape index (κ2) is 7.83. The monoisotopic (exact) mass is 441 g/mol. The molecule has 5 rings (SSSR count). The molecule has 0 bridgehead atoms. The Labute approximate surface area is 181 Å². The molecule has 3 aromatic rings. The van der Waals surface area contributed by atoms with Crippen LogP contribution < -0.4 is 14.4 Å². The van der Waals surface area contributed by atoms with Gasteiger partial charge in [-0.15, -0.1) is 13.2 Å². The molecule has 32 heavy (non-hydrogen) atoms. The topological polar surface area (TPSA) is 67.2 Å². The van der Waals surface area contributed by atoms with Crippen LogP contribution in [0.1, 0.15) is 12.0 Å². The summed E-state index contributed by atoms with van der Waals surface area (Å²) in [5.41, 5.74) is 2.78. The molecule has 1 saturated heterocycles. The molecule has 164 valence electrons. The van der Waals surface area contributed by atoms with Crippen LogP contribution in [0, 0.1) is 0 Å². The van der Waals surface area contributed by atoms with Crippen molar-refractivity contribution in [2.75, 3.05) is 18.0 Å². The van der Waals surface area contributed by atoms with Gasteiger partial charge < -0.3 is 19.5 Å². The van der Waals surface area contributed by atoms with E-state index in [-0.39, 0.29) is 17.5 Å². The molecule has 1 aromatic heterocycles. The summed E-state index contributed by atoms with van der Waals surface area (Å²) >= 11 is 0. The third-order valence-electron chi connectivity index (χ3n) is 5.30. The minimum atomic E-state index is -4.78. The first-order valence-corrected chi connectivity index (χ1v) is 9.99. The van der Waals surface area contributed by atoms with Crippen LogP contribution in [0.2, 0.25) is 0 Å². The lowest BCUT2D eigenvalue weighted by Crippen LogP contribution is -2.22. The Kier molecular flexibility index (Phi) is 4.97. The summed E-state index contributed by atoms with van der Waals surface area (Å²) in [5.74, 6) is 1.31. The number of nitrogens with zero attached hydrogens (tertiary/aromatic N) is 3. The summed E-state index contributed by atoms with van der Waals surface area (Å²) in [6.07, 6.45) is -1.12. The molecule has 9 heteroatoms. The Morgan fingerprint density at radius 1 is 1.03 bits per heavy atom. The Bertz CT molecular complexity index is 1200. The molecule has 0 amide bonds. The number of aliphatic imine (C=N–C) groups is 1. The number of ether oxygens (including phenoxy) is 2. The SMILES string of the molecule is O[C@H]1CCN(c2cc(-c3ccc4c(c3)C=Nc3cc(OC(F)(F)F)ccc3O4)ccn2)C1. The highest BCUT2D eigenvalue weighted by Crippen LogP contribution is 2.40. The number of rotatable bonds is 3. The fraction of sp³-hybridized carbons (Fsp3) is 0.217. The number of β-amino-alcohol motifs (C(OH)–C–C–N with tert-alkyl or cyclic N) is 1. The summed E-state index contributed by atoms with van der Waals surface area (Å²) in [6, 6.07) is 13.2. The van der Waals surface area contributed by atoms with E-state index in [1.165, 1.54) is 18.2 Å².